The molecule has 0 spiro atoms. The van der Waals surface area contributed by atoms with Crippen molar-refractivity contribution in [3.8, 4) is 0 Å². The first-order valence-electron chi connectivity index (χ1n) is 1.71. The van der Waals surface area contributed by atoms with E-state index in [9.17, 15) is 0 Å². The fraction of sp³-hybridized carbons (Fsp3) is 0.333. The van der Waals surface area contributed by atoms with Crippen LogP contribution in [-0.2, 0) is 0 Å². The Labute approximate surface area is 46.8 Å². The van der Waals surface area contributed by atoms with E-state index < -0.39 is 0 Å². The highest BCUT2D eigenvalue weighted by Crippen LogP contribution is 1.70. The molecule has 0 amide bonds. The first-order valence-corrected chi connectivity index (χ1v) is 2.12. The molecule has 0 aromatic carbocycles. The van der Waals surface area contributed by atoms with E-state index in [1.165, 1.54) is 6.21 Å². The molecule has 0 fully saturated rings. The molecule has 0 heterocycles. The largest absolute Gasteiger partial charge is 0.411 e. The summed E-state index contributed by atoms with van der Waals surface area (Å²) in [6, 6.07) is 0. The summed E-state index contributed by atoms with van der Waals surface area (Å²) in [6.45, 7) is 0. The molecule has 0 aromatic rings. The quantitative estimate of drug-likeness (QED) is 0.234. The van der Waals surface area contributed by atoms with Crippen LogP contribution in [0.4, 0.5) is 0 Å². The summed E-state index contributed by atoms with van der Waals surface area (Å²) in [4.78, 5) is 0.331. The highest BCUT2D eigenvalue weighted by Gasteiger charge is 1.79. The van der Waals surface area contributed by atoms with E-state index in [4.69, 9.17) is 10.9 Å². The Morgan fingerprint density at radius 3 is 2.71 bits per heavy atom. The minimum absolute atomic E-state index is 0.331. The van der Waals surface area contributed by atoms with Gasteiger partial charge in [0.1, 0.15) is 0 Å². The summed E-state index contributed by atoms with van der Waals surface area (Å²) in [5, 5.41) is 10.5. The summed E-state index contributed by atoms with van der Waals surface area (Å²) >= 11 is 4.44. The SMILES string of the molecule is NC(=S)CC=NO. The molecule has 0 radical (unpaired) electrons. The van der Waals surface area contributed by atoms with Crippen LogP contribution in [0.2, 0.25) is 0 Å². The lowest BCUT2D eigenvalue weighted by Gasteiger charge is -1.81. The van der Waals surface area contributed by atoms with Gasteiger partial charge in [-0.05, 0) is 0 Å². The van der Waals surface area contributed by atoms with Crippen molar-refractivity contribution in [2.75, 3.05) is 0 Å². The maximum absolute atomic E-state index is 7.77. The Bertz CT molecular complexity index is 90.9. The van der Waals surface area contributed by atoms with Crippen LogP contribution >= 0.6 is 12.2 Å². The van der Waals surface area contributed by atoms with E-state index in [0.29, 0.717) is 11.4 Å². The summed E-state index contributed by atoms with van der Waals surface area (Å²) in [6.07, 6.45) is 1.61. The summed E-state index contributed by atoms with van der Waals surface area (Å²) in [5.74, 6) is 0. The molecule has 0 aliphatic rings. The van der Waals surface area contributed by atoms with Crippen molar-refractivity contribution in [3.05, 3.63) is 0 Å². The molecule has 0 atom stereocenters. The second-order valence-electron chi connectivity index (χ2n) is 0.968. The van der Waals surface area contributed by atoms with Crippen molar-refractivity contribution < 1.29 is 5.21 Å². The van der Waals surface area contributed by atoms with Crippen LogP contribution in [-0.4, -0.2) is 16.4 Å². The lowest BCUT2D eigenvalue weighted by molar-refractivity contribution is 0.321. The van der Waals surface area contributed by atoms with Crippen LogP contribution in [0, 0.1) is 0 Å². The molecular weight excluding hydrogens is 112 g/mol. The van der Waals surface area contributed by atoms with Gasteiger partial charge in [0.25, 0.3) is 0 Å². The summed E-state index contributed by atoms with van der Waals surface area (Å²) in [7, 11) is 0. The fourth-order valence-corrected chi connectivity index (χ4v) is 0.205. The van der Waals surface area contributed by atoms with E-state index in [0.717, 1.165) is 0 Å². The van der Waals surface area contributed by atoms with Crippen LogP contribution < -0.4 is 5.73 Å². The van der Waals surface area contributed by atoms with Gasteiger partial charge in [0, 0.05) is 6.42 Å². The van der Waals surface area contributed by atoms with Crippen molar-refractivity contribution >= 4 is 23.4 Å². The standard InChI is InChI=1S/C3H6N2OS/c4-3(7)1-2-5-6/h2,6H,1H2,(H2,4,7). The van der Waals surface area contributed by atoms with Crippen molar-refractivity contribution in [2.45, 2.75) is 6.42 Å². The minimum Gasteiger partial charge on any atom is -0.411 e. The normalized spacial score (nSPS) is 9.71. The summed E-state index contributed by atoms with van der Waals surface area (Å²) < 4.78 is 0. The molecule has 3 nitrogen and oxygen atoms in total. The van der Waals surface area contributed by atoms with E-state index in [-0.39, 0.29) is 0 Å². The third-order valence-electron chi connectivity index (χ3n) is 0.374. The molecule has 4 heteroatoms. The van der Waals surface area contributed by atoms with Crippen molar-refractivity contribution in [1.82, 2.24) is 0 Å². The maximum Gasteiger partial charge on any atom is 0.0782 e. The molecule has 40 valence electrons. The number of hydrogen-bond acceptors (Lipinski definition) is 3. The van der Waals surface area contributed by atoms with Gasteiger partial charge in [-0.15, -0.1) is 5.16 Å². The molecule has 0 saturated carbocycles. The molecule has 7 heavy (non-hydrogen) atoms. The van der Waals surface area contributed by atoms with Crippen LogP contribution in [0.3, 0.4) is 0 Å². The van der Waals surface area contributed by atoms with Crippen LogP contribution in [0.25, 0.3) is 0 Å². The number of hydrogen-bond donors (Lipinski definition) is 2. The third-order valence-corrected chi connectivity index (χ3v) is 0.541. The van der Waals surface area contributed by atoms with Gasteiger partial charge < -0.3 is 10.9 Å². The zero-order valence-corrected chi connectivity index (χ0v) is 4.48. The van der Waals surface area contributed by atoms with Crippen molar-refractivity contribution in [3.63, 3.8) is 0 Å². The second kappa shape index (κ2) is 3.55. The average Bonchev–Trinajstić information content (AvgIpc) is 1.61. The highest BCUT2D eigenvalue weighted by atomic mass is 32.1. The van der Waals surface area contributed by atoms with Crippen LogP contribution in [0.5, 0.6) is 0 Å². The molecular formula is C3H6N2OS. The van der Waals surface area contributed by atoms with E-state index in [2.05, 4.69) is 17.4 Å². The molecule has 0 unspecified atom stereocenters. The first-order chi connectivity index (χ1) is 3.27. The molecule has 0 aromatic heterocycles. The average molecular weight is 118 g/mol. The monoisotopic (exact) mass is 118 g/mol. The molecule has 0 bridgehead atoms. The maximum atomic E-state index is 7.77. The van der Waals surface area contributed by atoms with Crippen LogP contribution in [0.1, 0.15) is 6.42 Å². The number of thiocarbonyl (C=S) groups is 1. The Kier molecular flexibility index (Phi) is 3.22. The first kappa shape index (κ1) is 6.36. The zero-order valence-electron chi connectivity index (χ0n) is 3.66. The number of nitrogens with zero attached hydrogens (tertiary/aromatic N) is 1. The van der Waals surface area contributed by atoms with Gasteiger partial charge in [0.05, 0.1) is 11.2 Å². The third kappa shape index (κ3) is 5.36. The predicted molar refractivity (Wildman–Crippen MR) is 31.7 cm³/mol. The van der Waals surface area contributed by atoms with Gasteiger partial charge in [-0.1, -0.05) is 12.2 Å². The molecule has 0 aliphatic carbocycles. The smallest absolute Gasteiger partial charge is 0.0782 e. The molecule has 0 saturated heterocycles. The van der Waals surface area contributed by atoms with E-state index >= 15 is 0 Å². The fourth-order valence-electron chi connectivity index (χ4n) is 0.131. The van der Waals surface area contributed by atoms with Gasteiger partial charge in [0.15, 0.2) is 0 Å². The van der Waals surface area contributed by atoms with Gasteiger partial charge in [-0.3, -0.25) is 0 Å². The van der Waals surface area contributed by atoms with Crippen molar-refractivity contribution in [1.29, 1.82) is 0 Å². The summed E-state index contributed by atoms with van der Waals surface area (Å²) in [5.41, 5.74) is 5.01. The van der Waals surface area contributed by atoms with Gasteiger partial charge >= 0.3 is 0 Å². The van der Waals surface area contributed by atoms with Crippen LogP contribution in [0.15, 0.2) is 5.16 Å². The number of rotatable bonds is 2. The second-order valence-corrected chi connectivity index (χ2v) is 1.49. The van der Waals surface area contributed by atoms with E-state index in [1.54, 1.807) is 0 Å². The number of nitrogens with two attached hydrogens (primary N) is 1. The number of oxime groups is 1. The molecule has 0 aliphatic heterocycles. The highest BCUT2D eigenvalue weighted by molar-refractivity contribution is 7.80. The lowest BCUT2D eigenvalue weighted by Crippen LogP contribution is -2.07. The van der Waals surface area contributed by atoms with Gasteiger partial charge in [-0.25, -0.2) is 0 Å². The minimum atomic E-state index is 0.331. The Balaban J connectivity index is 3.14. The zero-order chi connectivity index (χ0) is 5.70. The van der Waals surface area contributed by atoms with Gasteiger partial charge in [0.2, 0.25) is 0 Å². The predicted octanol–water partition coefficient (Wildman–Crippen LogP) is 0.123. The molecule has 0 rings (SSSR count). The molecule has 3 N–H and O–H groups in total. The van der Waals surface area contributed by atoms with Crippen molar-refractivity contribution in [2.24, 2.45) is 10.9 Å². The Morgan fingerprint density at radius 1 is 2.00 bits per heavy atom. The lowest BCUT2D eigenvalue weighted by atomic mass is 10.5. The Hall–Kier alpha value is -0.640. The van der Waals surface area contributed by atoms with E-state index in [1.807, 2.05) is 0 Å². The topological polar surface area (TPSA) is 58.6 Å². The van der Waals surface area contributed by atoms with Gasteiger partial charge in [-0.2, -0.15) is 0 Å². The Morgan fingerprint density at radius 2 is 2.57 bits per heavy atom.